The molecule has 1 atom stereocenters. The van der Waals surface area contributed by atoms with Crippen molar-refractivity contribution in [3.8, 4) is 0 Å². The van der Waals surface area contributed by atoms with Gasteiger partial charge in [0, 0.05) is 13.2 Å². The van der Waals surface area contributed by atoms with E-state index in [9.17, 15) is 13.2 Å². The van der Waals surface area contributed by atoms with Crippen LogP contribution >= 0.6 is 0 Å². The summed E-state index contributed by atoms with van der Waals surface area (Å²) in [5.41, 5.74) is 0. The summed E-state index contributed by atoms with van der Waals surface area (Å²) in [4.78, 5) is 11.4. The van der Waals surface area contributed by atoms with Gasteiger partial charge in [-0.25, -0.2) is 8.42 Å². The molecule has 0 aromatic carbocycles. The number of carbonyl (C=O) groups excluding carboxylic acids is 1. The van der Waals surface area contributed by atoms with E-state index >= 15 is 0 Å². The topological polar surface area (TPSA) is 69.7 Å². The fourth-order valence-electron chi connectivity index (χ4n) is 1.87. The molecule has 0 saturated carbocycles. The number of carbonyl (C=O) groups is 1. The van der Waals surface area contributed by atoms with E-state index in [1.54, 1.807) is 13.8 Å². The van der Waals surface area contributed by atoms with E-state index in [0.29, 0.717) is 26.1 Å². The summed E-state index contributed by atoms with van der Waals surface area (Å²) in [6.07, 6.45) is 1.05. The van der Waals surface area contributed by atoms with Crippen LogP contribution in [0.2, 0.25) is 0 Å². The zero-order valence-corrected chi connectivity index (χ0v) is 11.2. The van der Waals surface area contributed by atoms with Gasteiger partial charge < -0.3 is 9.47 Å². The summed E-state index contributed by atoms with van der Waals surface area (Å²) >= 11 is 0. The SMILES string of the molecule is CCOC(=O)C(C)CS(=O)(=O)C1CCOCC1. The smallest absolute Gasteiger partial charge is 0.309 e. The van der Waals surface area contributed by atoms with Gasteiger partial charge in [-0.15, -0.1) is 0 Å². The highest BCUT2D eigenvalue weighted by Crippen LogP contribution is 2.19. The van der Waals surface area contributed by atoms with Crippen molar-refractivity contribution in [1.29, 1.82) is 0 Å². The number of hydrogen-bond donors (Lipinski definition) is 0. The Labute approximate surface area is 102 Å². The van der Waals surface area contributed by atoms with Crippen molar-refractivity contribution in [3.63, 3.8) is 0 Å². The van der Waals surface area contributed by atoms with Crippen molar-refractivity contribution in [3.05, 3.63) is 0 Å². The number of sulfone groups is 1. The standard InChI is InChI=1S/C11H20O5S/c1-3-16-11(12)9(2)8-17(13,14)10-4-6-15-7-5-10/h9-10H,3-8H2,1-2H3. The minimum atomic E-state index is -3.23. The second-order valence-electron chi connectivity index (χ2n) is 4.29. The molecule has 1 rings (SSSR count). The monoisotopic (exact) mass is 264 g/mol. The largest absolute Gasteiger partial charge is 0.466 e. The van der Waals surface area contributed by atoms with E-state index < -0.39 is 21.7 Å². The summed E-state index contributed by atoms with van der Waals surface area (Å²) in [6.45, 7) is 4.54. The van der Waals surface area contributed by atoms with Gasteiger partial charge in [0.05, 0.1) is 23.5 Å². The normalized spacial score (nSPS) is 19.9. The molecule has 0 N–H and O–H groups in total. The maximum atomic E-state index is 12.0. The van der Waals surface area contributed by atoms with Gasteiger partial charge in [-0.05, 0) is 19.8 Å². The van der Waals surface area contributed by atoms with Crippen LogP contribution in [0.25, 0.3) is 0 Å². The van der Waals surface area contributed by atoms with Crippen molar-refractivity contribution in [2.24, 2.45) is 5.92 Å². The first-order chi connectivity index (χ1) is 7.97. The Morgan fingerprint density at radius 1 is 1.41 bits per heavy atom. The summed E-state index contributed by atoms with van der Waals surface area (Å²) in [5.74, 6) is -1.16. The molecule has 0 aromatic heterocycles. The third-order valence-corrected chi connectivity index (χ3v) is 5.30. The molecule has 0 aliphatic carbocycles. The second-order valence-corrected chi connectivity index (χ2v) is 6.62. The van der Waals surface area contributed by atoms with Gasteiger partial charge >= 0.3 is 5.97 Å². The lowest BCUT2D eigenvalue weighted by Gasteiger charge is -2.23. The van der Waals surface area contributed by atoms with Crippen LogP contribution in [0.4, 0.5) is 0 Å². The summed E-state index contributed by atoms with van der Waals surface area (Å²) in [7, 11) is -3.23. The van der Waals surface area contributed by atoms with Gasteiger partial charge in [0.15, 0.2) is 9.84 Å². The van der Waals surface area contributed by atoms with Gasteiger partial charge in [0.25, 0.3) is 0 Å². The van der Waals surface area contributed by atoms with Crippen LogP contribution in [-0.4, -0.2) is 45.2 Å². The maximum Gasteiger partial charge on any atom is 0.309 e. The van der Waals surface area contributed by atoms with Gasteiger partial charge in [0.1, 0.15) is 0 Å². The van der Waals surface area contributed by atoms with Gasteiger partial charge in [-0.3, -0.25) is 4.79 Å². The van der Waals surface area contributed by atoms with Gasteiger partial charge in [-0.1, -0.05) is 6.92 Å². The first kappa shape index (κ1) is 14.4. The lowest BCUT2D eigenvalue weighted by Crippen LogP contribution is -2.34. The van der Waals surface area contributed by atoms with Crippen LogP contribution in [0.5, 0.6) is 0 Å². The van der Waals surface area contributed by atoms with E-state index in [1.807, 2.05) is 0 Å². The van der Waals surface area contributed by atoms with E-state index in [2.05, 4.69) is 0 Å². The molecule has 1 aliphatic heterocycles. The predicted octanol–water partition coefficient (Wildman–Crippen LogP) is 0.779. The van der Waals surface area contributed by atoms with Crippen molar-refractivity contribution in [2.75, 3.05) is 25.6 Å². The fourth-order valence-corrected chi connectivity index (χ4v) is 3.89. The zero-order valence-electron chi connectivity index (χ0n) is 10.3. The van der Waals surface area contributed by atoms with Crippen molar-refractivity contribution >= 4 is 15.8 Å². The molecule has 0 aromatic rings. The predicted molar refractivity (Wildman–Crippen MR) is 63.4 cm³/mol. The molecule has 6 heteroatoms. The molecule has 0 amide bonds. The van der Waals surface area contributed by atoms with E-state index in [1.165, 1.54) is 0 Å². The molecule has 0 spiro atoms. The van der Waals surface area contributed by atoms with Crippen LogP contribution in [0.1, 0.15) is 26.7 Å². The molecular weight excluding hydrogens is 244 g/mol. The third-order valence-electron chi connectivity index (χ3n) is 2.85. The second kappa shape index (κ2) is 6.35. The minimum Gasteiger partial charge on any atom is -0.466 e. The highest BCUT2D eigenvalue weighted by Gasteiger charge is 2.31. The van der Waals surface area contributed by atoms with Crippen LogP contribution in [-0.2, 0) is 24.1 Å². The van der Waals surface area contributed by atoms with Crippen LogP contribution < -0.4 is 0 Å². The molecule has 0 radical (unpaired) electrons. The first-order valence-electron chi connectivity index (χ1n) is 5.93. The highest BCUT2D eigenvalue weighted by atomic mass is 32.2. The highest BCUT2D eigenvalue weighted by molar-refractivity contribution is 7.92. The molecule has 1 heterocycles. The Balaban J connectivity index is 2.56. The van der Waals surface area contributed by atoms with Crippen molar-refractivity contribution in [1.82, 2.24) is 0 Å². The first-order valence-corrected chi connectivity index (χ1v) is 7.65. The molecule has 1 saturated heterocycles. The minimum absolute atomic E-state index is 0.128. The van der Waals surface area contributed by atoms with E-state index in [-0.39, 0.29) is 17.6 Å². The molecular formula is C11H20O5S. The Hall–Kier alpha value is -0.620. The van der Waals surface area contributed by atoms with Crippen LogP contribution in [0.15, 0.2) is 0 Å². The molecule has 0 bridgehead atoms. The Morgan fingerprint density at radius 2 is 2.00 bits per heavy atom. The number of ether oxygens (including phenoxy) is 2. The Bertz CT molecular complexity index is 343. The average Bonchev–Trinajstić information content (AvgIpc) is 2.30. The van der Waals surface area contributed by atoms with Crippen LogP contribution in [0.3, 0.4) is 0 Å². The number of esters is 1. The Kier molecular flexibility index (Phi) is 5.39. The molecule has 17 heavy (non-hydrogen) atoms. The van der Waals surface area contributed by atoms with Gasteiger partial charge in [0.2, 0.25) is 0 Å². The van der Waals surface area contributed by atoms with Crippen molar-refractivity contribution in [2.45, 2.75) is 31.9 Å². The van der Waals surface area contributed by atoms with Gasteiger partial charge in [-0.2, -0.15) is 0 Å². The maximum absolute atomic E-state index is 12.0. The fraction of sp³-hybridized carbons (Fsp3) is 0.909. The Morgan fingerprint density at radius 3 is 2.53 bits per heavy atom. The molecule has 1 unspecified atom stereocenters. The number of hydrogen-bond acceptors (Lipinski definition) is 5. The van der Waals surface area contributed by atoms with Crippen LogP contribution in [0, 0.1) is 5.92 Å². The average molecular weight is 264 g/mol. The lowest BCUT2D eigenvalue weighted by atomic mass is 10.2. The summed E-state index contributed by atoms with van der Waals surface area (Å²) in [6, 6.07) is 0. The molecule has 100 valence electrons. The molecule has 1 fully saturated rings. The molecule has 5 nitrogen and oxygen atoms in total. The molecule has 1 aliphatic rings. The van der Waals surface area contributed by atoms with Crippen molar-refractivity contribution < 1.29 is 22.7 Å². The lowest BCUT2D eigenvalue weighted by molar-refractivity contribution is -0.146. The number of rotatable bonds is 5. The summed E-state index contributed by atoms with van der Waals surface area (Å²) in [5, 5.41) is -0.367. The zero-order chi connectivity index (χ0) is 12.9. The van der Waals surface area contributed by atoms with E-state index in [0.717, 1.165) is 0 Å². The quantitative estimate of drug-likeness (QED) is 0.686. The third kappa shape index (κ3) is 4.27. The summed E-state index contributed by atoms with van der Waals surface area (Å²) < 4.78 is 34.0. The van der Waals surface area contributed by atoms with E-state index in [4.69, 9.17) is 9.47 Å².